The van der Waals surface area contributed by atoms with Gasteiger partial charge in [0.2, 0.25) is 0 Å². The van der Waals surface area contributed by atoms with Crippen LogP contribution in [0.15, 0.2) is 40.9 Å². The smallest absolute Gasteiger partial charge is 0.191 e. The van der Waals surface area contributed by atoms with Gasteiger partial charge in [-0.05, 0) is 24.1 Å². The topological polar surface area (TPSA) is 30.7 Å². The summed E-state index contributed by atoms with van der Waals surface area (Å²) in [5.74, 6) is 1.22. The van der Waals surface area contributed by atoms with Gasteiger partial charge in [0, 0.05) is 28.6 Å². The SMILES string of the molecule is CCc1cc(-c2nnc(SCc3ccccc3F)n2C)cs1. The second-order valence-electron chi connectivity index (χ2n) is 4.90. The van der Waals surface area contributed by atoms with Crippen LogP contribution >= 0.6 is 23.1 Å². The Morgan fingerprint density at radius 2 is 2.09 bits per heavy atom. The minimum Gasteiger partial charge on any atom is -0.305 e. The van der Waals surface area contributed by atoms with Crippen LogP contribution in [0.2, 0.25) is 0 Å². The number of thioether (sulfide) groups is 1. The van der Waals surface area contributed by atoms with Crippen LogP contribution in [0, 0.1) is 5.82 Å². The van der Waals surface area contributed by atoms with E-state index in [2.05, 4.69) is 28.6 Å². The number of aromatic nitrogens is 3. The molecule has 0 bridgehead atoms. The molecule has 2 heterocycles. The third-order valence-corrected chi connectivity index (χ3v) is 5.56. The maximum Gasteiger partial charge on any atom is 0.191 e. The molecule has 0 saturated carbocycles. The van der Waals surface area contributed by atoms with Crippen molar-refractivity contribution in [1.29, 1.82) is 0 Å². The highest BCUT2D eigenvalue weighted by Crippen LogP contribution is 2.28. The van der Waals surface area contributed by atoms with Crippen molar-refractivity contribution in [3.63, 3.8) is 0 Å². The normalized spacial score (nSPS) is 11.0. The standard InChI is InChI=1S/C16H16FN3S2/c1-3-13-8-12(10-21-13)15-18-19-16(20(15)2)22-9-11-6-4-5-7-14(11)17/h4-8,10H,3,9H2,1-2H3. The van der Waals surface area contributed by atoms with Crippen LogP contribution in [0.3, 0.4) is 0 Å². The first-order chi connectivity index (χ1) is 10.7. The molecule has 0 atom stereocenters. The summed E-state index contributed by atoms with van der Waals surface area (Å²) in [7, 11) is 1.95. The molecular formula is C16H16FN3S2. The zero-order valence-electron chi connectivity index (χ0n) is 12.4. The Bertz CT molecular complexity index is 779. The summed E-state index contributed by atoms with van der Waals surface area (Å²) in [5, 5.41) is 11.4. The van der Waals surface area contributed by atoms with E-state index in [1.165, 1.54) is 22.7 Å². The molecule has 2 aromatic heterocycles. The zero-order chi connectivity index (χ0) is 15.5. The van der Waals surface area contributed by atoms with E-state index in [4.69, 9.17) is 0 Å². The van der Waals surface area contributed by atoms with Crippen LogP contribution < -0.4 is 0 Å². The molecule has 1 aromatic carbocycles. The number of nitrogens with zero attached hydrogens (tertiary/aromatic N) is 3. The molecule has 0 fully saturated rings. The van der Waals surface area contributed by atoms with E-state index in [0.29, 0.717) is 11.3 Å². The first kappa shape index (κ1) is 15.2. The fourth-order valence-electron chi connectivity index (χ4n) is 2.13. The van der Waals surface area contributed by atoms with Gasteiger partial charge in [0.15, 0.2) is 11.0 Å². The van der Waals surface area contributed by atoms with Gasteiger partial charge in [-0.2, -0.15) is 0 Å². The van der Waals surface area contributed by atoms with Gasteiger partial charge in [-0.3, -0.25) is 0 Å². The van der Waals surface area contributed by atoms with Gasteiger partial charge in [0.1, 0.15) is 5.82 Å². The molecule has 0 aliphatic rings. The van der Waals surface area contributed by atoms with Crippen molar-refractivity contribution < 1.29 is 4.39 Å². The van der Waals surface area contributed by atoms with Gasteiger partial charge < -0.3 is 4.57 Å². The molecule has 114 valence electrons. The average Bonchev–Trinajstić information content (AvgIpc) is 3.13. The third-order valence-electron chi connectivity index (χ3n) is 3.41. The average molecular weight is 333 g/mol. The zero-order valence-corrected chi connectivity index (χ0v) is 14.0. The third kappa shape index (κ3) is 3.08. The number of rotatable bonds is 5. The highest BCUT2D eigenvalue weighted by Gasteiger charge is 2.13. The van der Waals surface area contributed by atoms with Gasteiger partial charge in [-0.1, -0.05) is 36.9 Å². The molecule has 22 heavy (non-hydrogen) atoms. The van der Waals surface area contributed by atoms with Crippen molar-refractivity contribution in [3.8, 4) is 11.4 Å². The van der Waals surface area contributed by atoms with Crippen LogP contribution in [0.4, 0.5) is 4.39 Å². The molecular weight excluding hydrogens is 317 g/mol. The molecule has 0 radical (unpaired) electrons. The number of thiophene rings is 1. The number of aryl methyl sites for hydroxylation is 1. The summed E-state index contributed by atoms with van der Waals surface area (Å²) < 4.78 is 15.6. The molecule has 0 aliphatic carbocycles. The molecule has 6 heteroatoms. The molecule has 0 amide bonds. The molecule has 3 aromatic rings. The Labute approximate surface area is 137 Å². The van der Waals surface area contributed by atoms with Crippen LogP contribution in [0.1, 0.15) is 17.4 Å². The highest BCUT2D eigenvalue weighted by molar-refractivity contribution is 7.98. The fourth-order valence-corrected chi connectivity index (χ4v) is 3.84. The predicted molar refractivity (Wildman–Crippen MR) is 89.7 cm³/mol. The van der Waals surface area contributed by atoms with Gasteiger partial charge in [0.05, 0.1) is 0 Å². The van der Waals surface area contributed by atoms with Gasteiger partial charge in [-0.15, -0.1) is 21.5 Å². The molecule has 0 aliphatic heterocycles. The molecule has 0 N–H and O–H groups in total. The number of benzene rings is 1. The number of hydrogen-bond acceptors (Lipinski definition) is 4. The first-order valence-corrected chi connectivity index (χ1v) is 8.89. The number of halogens is 1. The summed E-state index contributed by atoms with van der Waals surface area (Å²) in [4.78, 5) is 1.33. The Kier molecular flexibility index (Phi) is 4.59. The fraction of sp³-hybridized carbons (Fsp3) is 0.250. The van der Waals surface area contributed by atoms with Crippen LogP contribution in [0.25, 0.3) is 11.4 Å². The van der Waals surface area contributed by atoms with Crippen molar-refractivity contribution in [2.45, 2.75) is 24.3 Å². The lowest BCUT2D eigenvalue weighted by Crippen LogP contribution is -1.95. The van der Waals surface area contributed by atoms with Crippen molar-refractivity contribution in [2.75, 3.05) is 0 Å². The molecule has 0 spiro atoms. The maximum absolute atomic E-state index is 13.7. The van der Waals surface area contributed by atoms with Crippen molar-refractivity contribution in [2.24, 2.45) is 7.05 Å². The lowest BCUT2D eigenvalue weighted by molar-refractivity contribution is 0.617. The predicted octanol–water partition coefficient (Wildman–Crippen LogP) is 4.54. The van der Waals surface area contributed by atoms with Crippen LogP contribution in [0.5, 0.6) is 0 Å². The minimum absolute atomic E-state index is 0.178. The number of hydrogen-bond donors (Lipinski definition) is 0. The van der Waals surface area contributed by atoms with Crippen molar-refractivity contribution >= 4 is 23.1 Å². The summed E-state index contributed by atoms with van der Waals surface area (Å²) in [6, 6.07) is 8.98. The van der Waals surface area contributed by atoms with E-state index in [1.54, 1.807) is 23.5 Å². The summed E-state index contributed by atoms with van der Waals surface area (Å²) in [6.07, 6.45) is 1.03. The summed E-state index contributed by atoms with van der Waals surface area (Å²) in [5.41, 5.74) is 1.77. The van der Waals surface area contributed by atoms with E-state index in [9.17, 15) is 4.39 Å². The van der Waals surface area contributed by atoms with E-state index < -0.39 is 0 Å². The monoisotopic (exact) mass is 333 g/mol. The largest absolute Gasteiger partial charge is 0.305 e. The van der Waals surface area contributed by atoms with E-state index in [1.807, 2.05) is 17.7 Å². The van der Waals surface area contributed by atoms with Gasteiger partial charge in [0.25, 0.3) is 0 Å². The van der Waals surface area contributed by atoms with Crippen LogP contribution in [-0.4, -0.2) is 14.8 Å². The Morgan fingerprint density at radius 1 is 1.27 bits per heavy atom. The molecule has 0 unspecified atom stereocenters. The van der Waals surface area contributed by atoms with E-state index >= 15 is 0 Å². The lowest BCUT2D eigenvalue weighted by Gasteiger charge is -2.04. The molecule has 0 saturated heterocycles. The quantitative estimate of drug-likeness (QED) is 0.642. The first-order valence-electron chi connectivity index (χ1n) is 7.02. The maximum atomic E-state index is 13.7. The minimum atomic E-state index is -0.178. The van der Waals surface area contributed by atoms with E-state index in [-0.39, 0.29) is 5.82 Å². The second-order valence-corrected chi connectivity index (χ2v) is 6.84. The molecule has 3 nitrogen and oxygen atoms in total. The summed E-state index contributed by atoms with van der Waals surface area (Å²) >= 11 is 3.23. The Hall–Kier alpha value is -1.66. The van der Waals surface area contributed by atoms with E-state index in [0.717, 1.165) is 23.0 Å². The van der Waals surface area contributed by atoms with Crippen molar-refractivity contribution in [1.82, 2.24) is 14.8 Å². The second kappa shape index (κ2) is 6.62. The van der Waals surface area contributed by atoms with Crippen molar-refractivity contribution in [3.05, 3.63) is 52.0 Å². The van der Waals surface area contributed by atoms with Gasteiger partial charge >= 0.3 is 0 Å². The summed E-state index contributed by atoms with van der Waals surface area (Å²) in [6.45, 7) is 2.14. The highest BCUT2D eigenvalue weighted by atomic mass is 32.2. The Morgan fingerprint density at radius 3 is 2.82 bits per heavy atom. The Balaban J connectivity index is 1.77. The lowest BCUT2D eigenvalue weighted by atomic mass is 10.2. The van der Waals surface area contributed by atoms with Gasteiger partial charge in [-0.25, -0.2) is 4.39 Å². The molecule has 3 rings (SSSR count). The van der Waals surface area contributed by atoms with Crippen LogP contribution in [-0.2, 0) is 19.2 Å².